The summed E-state index contributed by atoms with van der Waals surface area (Å²) in [5, 5.41) is 7.91. The molecular weight excluding hydrogens is 159 g/mol. The Balaban J connectivity index is 3.79. The first-order valence-corrected chi connectivity index (χ1v) is 2.48. The van der Waals surface area contributed by atoms with Crippen molar-refractivity contribution in [2.75, 3.05) is 0 Å². The Morgan fingerprint density at radius 2 is 1.86 bits per heavy atom. The van der Waals surface area contributed by atoms with E-state index in [9.17, 15) is 4.79 Å². The zero-order valence-corrected chi connectivity index (χ0v) is 5.46. The first-order valence-electron chi connectivity index (χ1n) is 1.28. The van der Waals surface area contributed by atoms with Crippen LogP contribution in [0.2, 0.25) is 0 Å². The van der Waals surface area contributed by atoms with Gasteiger partial charge < -0.3 is 5.11 Å². The highest BCUT2D eigenvalue weighted by atomic mass is 35.5. The molecule has 1 N–H and O–H groups in total. The summed E-state index contributed by atoms with van der Waals surface area (Å²) < 4.78 is -1.94. The fourth-order valence-electron chi connectivity index (χ4n) is 0. The average Bonchev–Trinajstić information content (AvgIpc) is 1.31. The molecule has 0 aromatic heterocycles. The maximum Gasteiger partial charge on any atom is 0.350 e. The molecule has 0 saturated carbocycles. The molecule has 0 bridgehead atoms. The number of rotatable bonds is 1. The summed E-state index contributed by atoms with van der Waals surface area (Å²) in [5.41, 5.74) is 0. The maximum absolute atomic E-state index is 9.68. The number of alkyl halides is 2. The SMILES string of the molecule is O=C(O)C(S)(Cl)Cl. The van der Waals surface area contributed by atoms with Crippen LogP contribution in [0, 0.1) is 0 Å². The highest BCUT2D eigenvalue weighted by Crippen LogP contribution is 2.24. The van der Waals surface area contributed by atoms with Crippen molar-refractivity contribution in [3.63, 3.8) is 0 Å². The van der Waals surface area contributed by atoms with Crippen molar-refractivity contribution in [3.8, 4) is 0 Å². The molecule has 0 atom stereocenters. The van der Waals surface area contributed by atoms with E-state index in [1.165, 1.54) is 0 Å². The third kappa shape index (κ3) is 3.02. The standard InChI is InChI=1S/C2H2Cl2O2S/c3-2(4,7)1(5)6/h7H,(H,5,6). The number of carboxylic acids is 1. The predicted molar refractivity (Wildman–Crippen MR) is 31.1 cm³/mol. The van der Waals surface area contributed by atoms with Gasteiger partial charge in [0.15, 0.2) is 0 Å². The molecule has 7 heavy (non-hydrogen) atoms. The van der Waals surface area contributed by atoms with Gasteiger partial charge in [0.25, 0.3) is 3.67 Å². The van der Waals surface area contributed by atoms with Crippen molar-refractivity contribution in [3.05, 3.63) is 0 Å². The maximum atomic E-state index is 9.68. The molecule has 0 rings (SSSR count). The number of hydrogen-bond donors (Lipinski definition) is 2. The van der Waals surface area contributed by atoms with Crippen molar-refractivity contribution >= 4 is 41.8 Å². The second-order valence-electron chi connectivity index (χ2n) is 0.846. The molecular formula is C2H2Cl2O2S. The molecule has 0 radical (unpaired) electrons. The number of hydrogen-bond acceptors (Lipinski definition) is 2. The van der Waals surface area contributed by atoms with Crippen LogP contribution in [0.15, 0.2) is 0 Å². The van der Waals surface area contributed by atoms with Gasteiger partial charge in [0.2, 0.25) is 0 Å². The van der Waals surface area contributed by atoms with Gasteiger partial charge in [-0.05, 0) is 0 Å². The predicted octanol–water partition coefficient (Wildman–Crippen LogP) is 1.13. The first kappa shape index (κ1) is 7.40. The van der Waals surface area contributed by atoms with Crippen molar-refractivity contribution in [2.24, 2.45) is 0 Å². The molecule has 0 aromatic carbocycles. The van der Waals surface area contributed by atoms with Gasteiger partial charge in [-0.1, -0.05) is 23.2 Å². The molecule has 0 aliphatic rings. The van der Waals surface area contributed by atoms with Crippen LogP contribution in [0.5, 0.6) is 0 Å². The van der Waals surface area contributed by atoms with Crippen LogP contribution in [-0.2, 0) is 4.79 Å². The highest BCUT2D eigenvalue weighted by molar-refractivity contribution is 7.86. The Morgan fingerprint density at radius 1 is 1.71 bits per heavy atom. The lowest BCUT2D eigenvalue weighted by atomic mass is 10.8. The monoisotopic (exact) mass is 160 g/mol. The van der Waals surface area contributed by atoms with E-state index >= 15 is 0 Å². The summed E-state index contributed by atoms with van der Waals surface area (Å²) >= 11 is 13.1. The largest absolute Gasteiger partial charge is 0.478 e. The number of carboxylic acid groups (broad SMARTS) is 1. The van der Waals surface area contributed by atoms with Crippen molar-refractivity contribution in [1.82, 2.24) is 0 Å². The lowest BCUT2D eigenvalue weighted by Crippen LogP contribution is -2.16. The Morgan fingerprint density at radius 3 is 1.86 bits per heavy atom. The summed E-state index contributed by atoms with van der Waals surface area (Å²) in [6.45, 7) is 0. The zero-order chi connectivity index (χ0) is 6.08. The van der Waals surface area contributed by atoms with Gasteiger partial charge in [0.05, 0.1) is 0 Å². The average molecular weight is 161 g/mol. The Bertz CT molecular complexity index is 86.2. The molecule has 0 saturated heterocycles. The molecule has 0 spiro atoms. The number of aliphatic carboxylic acids is 1. The van der Waals surface area contributed by atoms with Crippen molar-refractivity contribution < 1.29 is 9.90 Å². The van der Waals surface area contributed by atoms with E-state index in [1.807, 2.05) is 0 Å². The smallest absolute Gasteiger partial charge is 0.350 e. The minimum absolute atomic E-state index is 1.36. The number of thiol groups is 1. The molecule has 0 aromatic rings. The van der Waals surface area contributed by atoms with E-state index < -0.39 is 9.63 Å². The van der Waals surface area contributed by atoms with Gasteiger partial charge in [-0.15, -0.1) is 12.6 Å². The second kappa shape index (κ2) is 2.11. The molecule has 2 nitrogen and oxygen atoms in total. The number of carbonyl (C=O) groups is 1. The van der Waals surface area contributed by atoms with E-state index in [4.69, 9.17) is 28.3 Å². The second-order valence-corrected chi connectivity index (χ2v) is 3.37. The van der Waals surface area contributed by atoms with E-state index in [0.29, 0.717) is 0 Å². The molecule has 42 valence electrons. The minimum atomic E-state index is -1.94. The minimum Gasteiger partial charge on any atom is -0.478 e. The van der Waals surface area contributed by atoms with Gasteiger partial charge in [0, 0.05) is 0 Å². The van der Waals surface area contributed by atoms with Crippen LogP contribution in [0.25, 0.3) is 0 Å². The van der Waals surface area contributed by atoms with Crippen LogP contribution >= 0.6 is 35.8 Å². The van der Waals surface area contributed by atoms with Crippen molar-refractivity contribution in [2.45, 2.75) is 3.67 Å². The van der Waals surface area contributed by atoms with Crippen LogP contribution in [0.3, 0.4) is 0 Å². The third-order valence-electron chi connectivity index (χ3n) is 0.257. The van der Waals surface area contributed by atoms with Crippen molar-refractivity contribution in [1.29, 1.82) is 0 Å². The fraction of sp³-hybridized carbons (Fsp3) is 0.500. The van der Waals surface area contributed by atoms with Gasteiger partial charge in [0.1, 0.15) is 0 Å². The quantitative estimate of drug-likeness (QED) is 0.446. The topological polar surface area (TPSA) is 37.3 Å². The summed E-state index contributed by atoms with van der Waals surface area (Å²) in [6.07, 6.45) is 0. The highest BCUT2D eigenvalue weighted by Gasteiger charge is 2.27. The zero-order valence-electron chi connectivity index (χ0n) is 3.06. The van der Waals surface area contributed by atoms with Crippen LogP contribution in [-0.4, -0.2) is 14.7 Å². The first-order chi connectivity index (χ1) is 2.94. The normalized spacial score (nSPS) is 11.3. The summed E-state index contributed by atoms with van der Waals surface area (Å²) in [5.74, 6) is -1.36. The Labute approximate surface area is 55.8 Å². The summed E-state index contributed by atoms with van der Waals surface area (Å²) in [4.78, 5) is 9.68. The lowest BCUT2D eigenvalue weighted by molar-refractivity contribution is -0.135. The molecule has 0 aliphatic heterocycles. The van der Waals surface area contributed by atoms with E-state index in [2.05, 4.69) is 12.6 Å². The van der Waals surface area contributed by atoms with Crippen LogP contribution in [0.1, 0.15) is 0 Å². The summed E-state index contributed by atoms with van der Waals surface area (Å²) in [6, 6.07) is 0. The molecule has 0 unspecified atom stereocenters. The van der Waals surface area contributed by atoms with Gasteiger partial charge in [-0.2, -0.15) is 0 Å². The third-order valence-corrected chi connectivity index (χ3v) is 0.772. The molecule has 0 fully saturated rings. The van der Waals surface area contributed by atoms with Gasteiger partial charge >= 0.3 is 5.97 Å². The van der Waals surface area contributed by atoms with E-state index in [1.54, 1.807) is 0 Å². The van der Waals surface area contributed by atoms with E-state index in [0.717, 1.165) is 0 Å². The fourth-order valence-corrected chi connectivity index (χ4v) is 0. The van der Waals surface area contributed by atoms with Crippen LogP contribution < -0.4 is 0 Å². The molecule has 0 aliphatic carbocycles. The van der Waals surface area contributed by atoms with Crippen LogP contribution in [0.4, 0.5) is 0 Å². The molecule has 5 heteroatoms. The Hall–Kier alpha value is 0.400. The Kier molecular flexibility index (Phi) is 2.23. The number of halogens is 2. The van der Waals surface area contributed by atoms with Gasteiger partial charge in [-0.3, -0.25) is 0 Å². The summed E-state index contributed by atoms with van der Waals surface area (Å²) in [7, 11) is 0. The lowest BCUT2D eigenvalue weighted by Gasteiger charge is -2.01. The molecule has 0 amide bonds. The van der Waals surface area contributed by atoms with Gasteiger partial charge in [-0.25, -0.2) is 4.79 Å². The van der Waals surface area contributed by atoms with E-state index in [-0.39, 0.29) is 0 Å². The molecule has 0 heterocycles.